The van der Waals surface area contributed by atoms with Gasteiger partial charge in [-0.2, -0.15) is 5.10 Å². The van der Waals surface area contributed by atoms with Gasteiger partial charge in [0.15, 0.2) is 0 Å². The van der Waals surface area contributed by atoms with Crippen LogP contribution in [0.4, 0.5) is 0 Å². The van der Waals surface area contributed by atoms with Crippen molar-refractivity contribution in [3.63, 3.8) is 0 Å². The summed E-state index contributed by atoms with van der Waals surface area (Å²) in [5, 5.41) is 7.14. The number of aromatic nitrogens is 2. The van der Waals surface area contributed by atoms with Crippen LogP contribution in [-0.4, -0.2) is 47.3 Å². The summed E-state index contributed by atoms with van der Waals surface area (Å²) in [5.74, 6) is 0.906. The Bertz CT molecular complexity index is 464. The number of methoxy groups -OCH3 is 1. The molecule has 0 spiro atoms. The van der Waals surface area contributed by atoms with Crippen molar-refractivity contribution in [1.29, 1.82) is 0 Å². The first-order valence-corrected chi connectivity index (χ1v) is 7.81. The Balaban J connectivity index is 2.07. The molecule has 5 heteroatoms. The number of nitrogens with zero attached hydrogens (tertiary/aromatic N) is 2. The molecule has 1 aromatic heterocycles. The van der Waals surface area contributed by atoms with Gasteiger partial charge < -0.3 is 9.64 Å². The number of ether oxygens (including phenoxy) is 1. The summed E-state index contributed by atoms with van der Waals surface area (Å²) < 4.78 is 5.18. The van der Waals surface area contributed by atoms with Crippen molar-refractivity contribution in [3.05, 3.63) is 17.0 Å². The normalized spacial score (nSPS) is 21.7. The lowest BCUT2D eigenvalue weighted by Crippen LogP contribution is -2.42. The summed E-state index contributed by atoms with van der Waals surface area (Å²) in [6, 6.07) is 0.371. The zero-order valence-corrected chi connectivity index (χ0v) is 13.6. The first-order chi connectivity index (χ1) is 10.0. The van der Waals surface area contributed by atoms with E-state index in [1.807, 2.05) is 18.7 Å². The number of nitrogens with one attached hydrogen (secondary N) is 1. The van der Waals surface area contributed by atoms with Gasteiger partial charge in [0.2, 0.25) is 5.91 Å². The lowest BCUT2D eigenvalue weighted by atomic mass is 10.1. The Hall–Kier alpha value is -1.36. The van der Waals surface area contributed by atoms with Crippen molar-refractivity contribution in [2.75, 3.05) is 20.3 Å². The fraction of sp³-hybridized carbons (Fsp3) is 0.750. The van der Waals surface area contributed by atoms with Gasteiger partial charge in [-0.05, 0) is 39.0 Å². The number of aryl methyl sites for hydroxylation is 2. The van der Waals surface area contributed by atoms with Crippen LogP contribution in [0.3, 0.4) is 0 Å². The zero-order chi connectivity index (χ0) is 15.4. The second-order valence-electron chi connectivity index (χ2n) is 6.24. The van der Waals surface area contributed by atoms with Crippen molar-refractivity contribution in [1.82, 2.24) is 15.1 Å². The molecule has 1 amide bonds. The third-order valence-corrected chi connectivity index (χ3v) is 4.57. The summed E-state index contributed by atoms with van der Waals surface area (Å²) in [5.41, 5.74) is 2.95. The number of amides is 1. The van der Waals surface area contributed by atoms with E-state index in [0.29, 0.717) is 31.5 Å². The molecule has 1 fully saturated rings. The summed E-state index contributed by atoms with van der Waals surface area (Å²) in [6.07, 6.45) is 3.87. The average molecular weight is 293 g/mol. The monoisotopic (exact) mass is 293 g/mol. The fourth-order valence-corrected chi connectivity index (χ4v) is 3.25. The van der Waals surface area contributed by atoms with Gasteiger partial charge in [0, 0.05) is 31.0 Å². The van der Waals surface area contributed by atoms with E-state index in [-0.39, 0.29) is 5.91 Å². The van der Waals surface area contributed by atoms with Crippen LogP contribution in [0.25, 0.3) is 0 Å². The number of H-pyrrole nitrogens is 1. The second kappa shape index (κ2) is 7.07. The summed E-state index contributed by atoms with van der Waals surface area (Å²) in [7, 11) is 1.68. The number of carbonyl (C=O) groups excluding carboxylic acids is 1. The van der Waals surface area contributed by atoms with E-state index < -0.39 is 0 Å². The maximum absolute atomic E-state index is 12.7. The molecule has 1 heterocycles. The smallest absolute Gasteiger partial charge is 0.227 e. The van der Waals surface area contributed by atoms with Gasteiger partial charge >= 0.3 is 0 Å². The number of hydrogen-bond acceptors (Lipinski definition) is 3. The van der Waals surface area contributed by atoms with E-state index >= 15 is 0 Å². The Morgan fingerprint density at radius 3 is 2.71 bits per heavy atom. The average Bonchev–Trinajstić information content (AvgIpc) is 3.00. The minimum absolute atomic E-state index is 0.193. The summed E-state index contributed by atoms with van der Waals surface area (Å²) in [6.45, 7) is 7.47. The van der Waals surface area contributed by atoms with Gasteiger partial charge in [-0.15, -0.1) is 0 Å². The lowest BCUT2D eigenvalue weighted by Gasteiger charge is -2.29. The van der Waals surface area contributed by atoms with Gasteiger partial charge in [-0.25, -0.2) is 0 Å². The molecule has 118 valence electrons. The molecule has 2 atom stereocenters. The highest BCUT2D eigenvalue weighted by molar-refractivity contribution is 5.79. The van der Waals surface area contributed by atoms with Gasteiger partial charge in [-0.3, -0.25) is 9.89 Å². The topological polar surface area (TPSA) is 58.2 Å². The maximum Gasteiger partial charge on any atom is 0.227 e. The quantitative estimate of drug-likeness (QED) is 0.875. The summed E-state index contributed by atoms with van der Waals surface area (Å²) in [4.78, 5) is 14.8. The molecule has 1 aliphatic rings. The minimum Gasteiger partial charge on any atom is -0.383 e. The third-order valence-electron chi connectivity index (χ3n) is 4.57. The van der Waals surface area contributed by atoms with E-state index in [0.717, 1.165) is 29.8 Å². The van der Waals surface area contributed by atoms with Crippen LogP contribution >= 0.6 is 0 Å². The van der Waals surface area contributed by atoms with Crippen molar-refractivity contribution >= 4 is 5.91 Å². The number of rotatable bonds is 6. The van der Waals surface area contributed by atoms with Gasteiger partial charge in [0.1, 0.15) is 0 Å². The molecule has 0 aromatic carbocycles. The van der Waals surface area contributed by atoms with Crippen LogP contribution in [0.15, 0.2) is 0 Å². The minimum atomic E-state index is 0.193. The molecule has 0 radical (unpaired) electrons. The molecule has 21 heavy (non-hydrogen) atoms. The molecule has 1 saturated carbocycles. The van der Waals surface area contributed by atoms with E-state index in [9.17, 15) is 4.79 Å². The van der Waals surface area contributed by atoms with E-state index in [4.69, 9.17) is 4.74 Å². The molecule has 0 saturated heterocycles. The van der Waals surface area contributed by atoms with Crippen molar-refractivity contribution < 1.29 is 9.53 Å². The number of hydrogen-bond donors (Lipinski definition) is 1. The molecule has 2 rings (SSSR count). The van der Waals surface area contributed by atoms with Crippen molar-refractivity contribution in [2.45, 2.75) is 52.5 Å². The predicted octanol–water partition coefficient (Wildman–Crippen LogP) is 2.23. The van der Waals surface area contributed by atoms with Crippen LogP contribution in [0.2, 0.25) is 0 Å². The molecular weight excluding hydrogens is 266 g/mol. The van der Waals surface area contributed by atoms with Gasteiger partial charge in [0.25, 0.3) is 0 Å². The standard InChI is InChI=1S/C16H27N3O2/c1-11-5-6-14(9-11)19(7-8-21-4)16(20)10-15-12(2)17-18-13(15)3/h11,14H,5-10H2,1-4H3,(H,17,18)/t11-,14-/m1/s1. The van der Waals surface area contributed by atoms with Crippen LogP contribution in [-0.2, 0) is 16.0 Å². The van der Waals surface area contributed by atoms with Crippen molar-refractivity contribution in [2.24, 2.45) is 5.92 Å². The SMILES string of the molecule is COCCN(C(=O)Cc1c(C)n[nH]c1C)[C@@H]1CC[C@@H](C)C1. The maximum atomic E-state index is 12.7. The molecule has 0 unspecified atom stereocenters. The largest absolute Gasteiger partial charge is 0.383 e. The first-order valence-electron chi connectivity index (χ1n) is 7.81. The highest BCUT2D eigenvalue weighted by Crippen LogP contribution is 2.29. The predicted molar refractivity (Wildman–Crippen MR) is 82.2 cm³/mol. The third kappa shape index (κ3) is 3.84. The van der Waals surface area contributed by atoms with Crippen LogP contribution in [0.5, 0.6) is 0 Å². The molecule has 1 aromatic rings. The molecule has 5 nitrogen and oxygen atoms in total. The first kappa shape index (κ1) is 16.0. The van der Waals surface area contributed by atoms with Gasteiger partial charge in [-0.1, -0.05) is 6.92 Å². The molecule has 0 aliphatic heterocycles. The number of carbonyl (C=O) groups is 1. The van der Waals surface area contributed by atoms with E-state index in [1.54, 1.807) is 7.11 Å². The molecule has 1 N–H and O–H groups in total. The van der Waals surface area contributed by atoms with E-state index in [1.165, 1.54) is 6.42 Å². The number of aromatic amines is 1. The van der Waals surface area contributed by atoms with Crippen molar-refractivity contribution in [3.8, 4) is 0 Å². The Morgan fingerprint density at radius 2 is 2.19 bits per heavy atom. The van der Waals surface area contributed by atoms with E-state index in [2.05, 4.69) is 17.1 Å². The molecule has 0 bridgehead atoms. The zero-order valence-electron chi connectivity index (χ0n) is 13.6. The molecular formula is C16H27N3O2. The Morgan fingerprint density at radius 1 is 1.43 bits per heavy atom. The van der Waals surface area contributed by atoms with Crippen LogP contribution < -0.4 is 0 Å². The van der Waals surface area contributed by atoms with Gasteiger partial charge in [0.05, 0.1) is 18.7 Å². The lowest BCUT2D eigenvalue weighted by molar-refractivity contribution is -0.133. The second-order valence-corrected chi connectivity index (χ2v) is 6.24. The van der Waals surface area contributed by atoms with Crippen LogP contribution in [0.1, 0.15) is 43.1 Å². The Labute approximate surface area is 127 Å². The highest BCUT2D eigenvalue weighted by Gasteiger charge is 2.30. The fourth-order valence-electron chi connectivity index (χ4n) is 3.25. The summed E-state index contributed by atoms with van der Waals surface area (Å²) >= 11 is 0. The highest BCUT2D eigenvalue weighted by atomic mass is 16.5. The Kier molecular flexibility index (Phi) is 5.39. The molecule has 1 aliphatic carbocycles. The van der Waals surface area contributed by atoms with Crippen LogP contribution in [0, 0.1) is 19.8 Å².